The van der Waals surface area contributed by atoms with Gasteiger partial charge in [-0.2, -0.15) is 0 Å². The van der Waals surface area contributed by atoms with Crippen LogP contribution < -0.4 is 16.8 Å². The fourth-order valence-electron chi connectivity index (χ4n) is 3.00. The van der Waals surface area contributed by atoms with Gasteiger partial charge in [-0.1, -0.05) is 0 Å². The summed E-state index contributed by atoms with van der Waals surface area (Å²) in [7, 11) is 0. The van der Waals surface area contributed by atoms with Crippen molar-refractivity contribution in [3.8, 4) is 0 Å². The van der Waals surface area contributed by atoms with Crippen molar-refractivity contribution in [3.63, 3.8) is 0 Å². The number of nitrogens with one attached hydrogen (secondary N) is 1. The van der Waals surface area contributed by atoms with Crippen LogP contribution in [-0.2, 0) is 10.3 Å². The lowest BCUT2D eigenvalue weighted by Crippen LogP contribution is -2.62. The highest BCUT2D eigenvalue weighted by atomic mass is 19.1. The monoisotopic (exact) mass is 279 g/mol. The fraction of sp³-hybridized carbons (Fsp3) is 0.500. The molecule has 6 heteroatoms. The Bertz CT molecular complexity index is 547. The highest BCUT2D eigenvalue weighted by molar-refractivity contribution is 5.93. The molecule has 1 aliphatic heterocycles. The zero-order valence-corrected chi connectivity index (χ0v) is 11.1. The maximum absolute atomic E-state index is 14.3. The van der Waals surface area contributed by atoms with Crippen LogP contribution in [0.5, 0.6) is 0 Å². The molecule has 1 heterocycles. The summed E-state index contributed by atoms with van der Waals surface area (Å²) in [5.41, 5.74) is 11.1. The molecule has 1 aliphatic carbocycles. The van der Waals surface area contributed by atoms with Crippen molar-refractivity contribution in [2.45, 2.75) is 24.6 Å². The van der Waals surface area contributed by atoms with E-state index in [-0.39, 0.29) is 11.5 Å². The van der Waals surface area contributed by atoms with Gasteiger partial charge >= 0.3 is 0 Å². The first-order valence-corrected chi connectivity index (χ1v) is 6.78. The second-order valence-electron chi connectivity index (χ2n) is 5.41. The van der Waals surface area contributed by atoms with Gasteiger partial charge in [0.25, 0.3) is 0 Å². The lowest BCUT2D eigenvalue weighted by Gasteiger charge is -2.43. The van der Waals surface area contributed by atoms with Gasteiger partial charge in [0.05, 0.1) is 12.8 Å². The summed E-state index contributed by atoms with van der Waals surface area (Å²) in [4.78, 5) is 11.3. The van der Waals surface area contributed by atoms with Gasteiger partial charge in [-0.15, -0.1) is 0 Å². The van der Waals surface area contributed by atoms with Crippen molar-refractivity contribution in [2.75, 3.05) is 13.2 Å². The number of halogens is 1. The predicted octanol–water partition coefficient (Wildman–Crippen LogP) is 0.435. The van der Waals surface area contributed by atoms with Crippen molar-refractivity contribution in [1.82, 2.24) is 5.32 Å². The Morgan fingerprint density at radius 3 is 2.80 bits per heavy atom. The third-order valence-corrected chi connectivity index (χ3v) is 4.12. The van der Waals surface area contributed by atoms with E-state index in [1.54, 1.807) is 0 Å². The van der Waals surface area contributed by atoms with Gasteiger partial charge in [-0.05, 0) is 37.0 Å². The second-order valence-corrected chi connectivity index (χ2v) is 5.41. The zero-order valence-electron chi connectivity index (χ0n) is 11.1. The lowest BCUT2D eigenvalue weighted by atomic mass is 9.83. The van der Waals surface area contributed by atoms with Crippen LogP contribution in [0.2, 0.25) is 0 Å². The van der Waals surface area contributed by atoms with Crippen LogP contribution in [-0.4, -0.2) is 25.2 Å². The maximum Gasteiger partial charge on any atom is 0.248 e. The van der Waals surface area contributed by atoms with E-state index < -0.39 is 23.5 Å². The largest absolute Gasteiger partial charge is 0.366 e. The van der Waals surface area contributed by atoms with E-state index in [4.69, 9.17) is 16.2 Å². The molecule has 1 saturated carbocycles. The highest BCUT2D eigenvalue weighted by Gasteiger charge is 2.54. The first-order valence-electron chi connectivity index (χ1n) is 6.78. The van der Waals surface area contributed by atoms with E-state index in [0.29, 0.717) is 18.7 Å². The third-order valence-electron chi connectivity index (χ3n) is 4.12. The molecule has 108 valence electrons. The average Bonchev–Trinajstić information content (AvgIpc) is 3.25. The summed E-state index contributed by atoms with van der Waals surface area (Å²) in [6, 6.07) is 4.11. The Morgan fingerprint density at radius 1 is 1.45 bits per heavy atom. The Balaban J connectivity index is 2.12. The molecule has 2 aliphatic rings. The second kappa shape index (κ2) is 4.80. The Kier molecular flexibility index (Phi) is 3.24. The van der Waals surface area contributed by atoms with Gasteiger partial charge in [-0.25, -0.2) is 4.39 Å². The van der Waals surface area contributed by atoms with Crippen LogP contribution >= 0.6 is 0 Å². The predicted molar refractivity (Wildman–Crippen MR) is 71.3 cm³/mol. The van der Waals surface area contributed by atoms with E-state index in [2.05, 4.69) is 5.32 Å². The number of carbonyl (C=O) groups is 1. The molecular weight excluding hydrogens is 261 g/mol. The standard InChI is InChI=1S/C14H18FN3O2/c15-11-4-1-8(12(16)19)7-10(11)14(9-2-3-9)13(17)18-5-6-20-14/h1,4,7,9,13,18H,2-3,5-6,17H2,(H2,16,19)/t13?,14-/m0/s1. The minimum absolute atomic E-state index is 0.169. The van der Waals surface area contributed by atoms with Crippen molar-refractivity contribution in [3.05, 3.63) is 35.1 Å². The van der Waals surface area contributed by atoms with Crippen LogP contribution in [0.25, 0.3) is 0 Å². The Labute approximate surface area is 116 Å². The molecule has 2 atom stereocenters. The normalized spacial score (nSPS) is 30.2. The van der Waals surface area contributed by atoms with E-state index in [0.717, 1.165) is 12.8 Å². The van der Waals surface area contributed by atoms with Gasteiger partial charge in [0, 0.05) is 17.7 Å². The van der Waals surface area contributed by atoms with E-state index in [1.165, 1.54) is 18.2 Å². The minimum Gasteiger partial charge on any atom is -0.366 e. The molecule has 1 amide bonds. The van der Waals surface area contributed by atoms with Gasteiger partial charge in [0.15, 0.2) is 0 Å². The van der Waals surface area contributed by atoms with E-state index in [9.17, 15) is 9.18 Å². The molecule has 1 aromatic carbocycles. The molecule has 0 aromatic heterocycles. The zero-order chi connectivity index (χ0) is 14.3. The van der Waals surface area contributed by atoms with Crippen LogP contribution in [0.3, 0.4) is 0 Å². The Morgan fingerprint density at radius 2 is 2.20 bits per heavy atom. The lowest BCUT2D eigenvalue weighted by molar-refractivity contribution is -0.119. The third kappa shape index (κ3) is 2.00. The van der Waals surface area contributed by atoms with Crippen LogP contribution in [0, 0.1) is 11.7 Å². The van der Waals surface area contributed by atoms with Crippen LogP contribution in [0.4, 0.5) is 4.39 Å². The molecule has 5 N–H and O–H groups in total. The van der Waals surface area contributed by atoms with Crippen molar-refractivity contribution >= 4 is 5.91 Å². The summed E-state index contributed by atoms with van der Waals surface area (Å²) < 4.78 is 20.2. The molecule has 1 unspecified atom stereocenters. The number of ether oxygens (including phenoxy) is 1. The Hall–Kier alpha value is -1.50. The number of morpholine rings is 1. The number of rotatable bonds is 3. The van der Waals surface area contributed by atoms with Gasteiger partial charge < -0.3 is 16.2 Å². The number of benzene rings is 1. The number of primary amides is 1. The number of hydrogen-bond acceptors (Lipinski definition) is 4. The molecule has 3 rings (SSSR count). The molecule has 2 fully saturated rings. The molecule has 1 aromatic rings. The molecule has 5 nitrogen and oxygen atoms in total. The first-order chi connectivity index (χ1) is 9.55. The number of carbonyl (C=O) groups excluding carboxylic acids is 1. The number of nitrogens with two attached hydrogens (primary N) is 2. The fourth-order valence-corrected chi connectivity index (χ4v) is 3.00. The van der Waals surface area contributed by atoms with Crippen molar-refractivity contribution in [1.29, 1.82) is 0 Å². The summed E-state index contributed by atoms with van der Waals surface area (Å²) in [5.74, 6) is -0.835. The van der Waals surface area contributed by atoms with Gasteiger partial charge in [0.2, 0.25) is 5.91 Å². The van der Waals surface area contributed by atoms with Crippen LogP contribution in [0.1, 0.15) is 28.8 Å². The topological polar surface area (TPSA) is 90.4 Å². The van der Waals surface area contributed by atoms with E-state index in [1.807, 2.05) is 0 Å². The summed E-state index contributed by atoms with van der Waals surface area (Å²) in [6.45, 7) is 1.09. The quantitative estimate of drug-likeness (QED) is 0.748. The van der Waals surface area contributed by atoms with Gasteiger partial charge in [-0.3, -0.25) is 10.1 Å². The van der Waals surface area contributed by atoms with Crippen molar-refractivity contribution in [2.24, 2.45) is 17.4 Å². The SMILES string of the molecule is NC(=O)c1ccc(F)c([C@]2(C3CC3)OCCNC2N)c1. The molecule has 0 radical (unpaired) electrons. The summed E-state index contributed by atoms with van der Waals surface area (Å²) in [5, 5.41) is 3.14. The van der Waals surface area contributed by atoms with Crippen molar-refractivity contribution < 1.29 is 13.9 Å². The summed E-state index contributed by atoms with van der Waals surface area (Å²) >= 11 is 0. The minimum atomic E-state index is -0.909. The molecule has 0 spiro atoms. The van der Waals surface area contributed by atoms with Crippen LogP contribution in [0.15, 0.2) is 18.2 Å². The smallest absolute Gasteiger partial charge is 0.248 e. The molecule has 1 saturated heterocycles. The molecule has 0 bridgehead atoms. The van der Waals surface area contributed by atoms with Gasteiger partial charge in [0.1, 0.15) is 11.4 Å². The first kappa shape index (κ1) is 13.5. The molecule has 20 heavy (non-hydrogen) atoms. The number of amides is 1. The number of hydrogen-bond donors (Lipinski definition) is 3. The van der Waals surface area contributed by atoms with E-state index >= 15 is 0 Å². The highest BCUT2D eigenvalue weighted by Crippen LogP contribution is 2.50. The maximum atomic E-state index is 14.3. The molecular formula is C14H18FN3O2. The average molecular weight is 279 g/mol. The summed E-state index contributed by atoms with van der Waals surface area (Å²) in [6.07, 6.45) is 1.38.